The molecule has 1 amide bonds. The molecule has 0 spiro atoms. The van der Waals surface area contributed by atoms with E-state index in [1.807, 2.05) is 59.2 Å². The van der Waals surface area contributed by atoms with Crippen molar-refractivity contribution in [3.63, 3.8) is 0 Å². The molecule has 1 aliphatic rings. The van der Waals surface area contributed by atoms with Crippen LogP contribution in [0.15, 0.2) is 48.9 Å². The van der Waals surface area contributed by atoms with Crippen molar-refractivity contribution in [1.82, 2.24) is 29.7 Å². The van der Waals surface area contributed by atoms with E-state index >= 15 is 0 Å². The highest BCUT2D eigenvalue weighted by molar-refractivity contribution is 5.92. The van der Waals surface area contributed by atoms with Gasteiger partial charge >= 0.3 is 0 Å². The van der Waals surface area contributed by atoms with Crippen LogP contribution in [0.1, 0.15) is 34.9 Å². The Bertz CT molecular complexity index is 869. The number of nitrogens with zero attached hydrogens (tertiary/aromatic N) is 6. The fourth-order valence-electron chi connectivity index (χ4n) is 3.22. The Morgan fingerprint density at radius 2 is 2.04 bits per heavy atom. The average Bonchev–Trinajstić information content (AvgIpc) is 3.31. The molecule has 3 heterocycles. The van der Waals surface area contributed by atoms with Gasteiger partial charge in [-0.05, 0) is 37.5 Å². The lowest BCUT2D eigenvalue weighted by Gasteiger charge is -2.32. The summed E-state index contributed by atoms with van der Waals surface area (Å²) >= 11 is 0. The molecule has 0 aliphatic carbocycles. The van der Waals surface area contributed by atoms with E-state index in [1.165, 1.54) is 0 Å². The first-order valence-corrected chi connectivity index (χ1v) is 8.48. The molecule has 0 radical (unpaired) electrons. The van der Waals surface area contributed by atoms with Crippen LogP contribution in [0, 0.1) is 6.92 Å². The van der Waals surface area contributed by atoms with Crippen LogP contribution in [0.2, 0.25) is 0 Å². The third-order valence-electron chi connectivity index (χ3n) is 4.52. The topological polar surface area (TPSA) is 68.8 Å². The van der Waals surface area contributed by atoms with Crippen LogP contribution in [0.3, 0.4) is 0 Å². The van der Waals surface area contributed by atoms with Crippen LogP contribution in [0.4, 0.5) is 0 Å². The molecule has 128 valence electrons. The van der Waals surface area contributed by atoms with Crippen molar-refractivity contribution >= 4 is 5.91 Å². The molecule has 1 fully saturated rings. The number of para-hydroxylation sites is 1. The highest BCUT2D eigenvalue weighted by Crippen LogP contribution is 2.22. The van der Waals surface area contributed by atoms with Gasteiger partial charge in [0.25, 0.3) is 5.91 Å². The van der Waals surface area contributed by atoms with E-state index < -0.39 is 0 Å². The summed E-state index contributed by atoms with van der Waals surface area (Å²) in [6, 6.07) is 9.88. The average molecular weight is 336 g/mol. The Labute approximate surface area is 145 Å². The van der Waals surface area contributed by atoms with Crippen molar-refractivity contribution in [2.75, 3.05) is 13.1 Å². The summed E-state index contributed by atoms with van der Waals surface area (Å²) in [4.78, 5) is 14.7. The van der Waals surface area contributed by atoms with Gasteiger partial charge in [0.1, 0.15) is 0 Å². The summed E-state index contributed by atoms with van der Waals surface area (Å²) in [6.45, 7) is 3.42. The Morgan fingerprint density at radius 1 is 1.20 bits per heavy atom. The normalized spacial score (nSPS) is 17.6. The summed E-state index contributed by atoms with van der Waals surface area (Å²) in [6.07, 6.45) is 7.57. The Balaban J connectivity index is 1.50. The molecule has 1 saturated heterocycles. The van der Waals surface area contributed by atoms with Crippen LogP contribution in [0.25, 0.3) is 5.69 Å². The lowest BCUT2D eigenvalue weighted by molar-refractivity contribution is 0.0667. The van der Waals surface area contributed by atoms with Crippen molar-refractivity contribution in [2.45, 2.75) is 25.8 Å². The molecule has 0 unspecified atom stereocenters. The zero-order valence-electron chi connectivity index (χ0n) is 14.1. The molecule has 0 saturated carbocycles. The molecule has 1 atom stereocenters. The van der Waals surface area contributed by atoms with Gasteiger partial charge in [-0.15, -0.1) is 5.10 Å². The first-order valence-electron chi connectivity index (χ1n) is 8.48. The maximum atomic E-state index is 12.8. The smallest absolute Gasteiger partial charge is 0.276 e. The Morgan fingerprint density at radius 3 is 2.80 bits per heavy atom. The molecule has 1 aliphatic heterocycles. The number of amides is 1. The number of hydrogen-bond donors (Lipinski definition) is 0. The van der Waals surface area contributed by atoms with Crippen LogP contribution in [-0.4, -0.2) is 48.7 Å². The highest BCUT2D eigenvalue weighted by atomic mass is 16.2. The number of likely N-dealkylation sites (tertiary alicyclic amines) is 1. The molecule has 0 N–H and O–H groups in total. The lowest BCUT2D eigenvalue weighted by Crippen LogP contribution is -2.41. The van der Waals surface area contributed by atoms with Gasteiger partial charge in [0.2, 0.25) is 0 Å². The number of benzene rings is 1. The molecular weight excluding hydrogens is 316 g/mol. The van der Waals surface area contributed by atoms with E-state index in [4.69, 9.17) is 0 Å². The first-order chi connectivity index (χ1) is 12.2. The summed E-state index contributed by atoms with van der Waals surface area (Å²) in [7, 11) is 0. The summed E-state index contributed by atoms with van der Waals surface area (Å²) in [5.74, 6) is -0.0734. The third kappa shape index (κ3) is 3.17. The number of carbonyl (C=O) groups is 1. The van der Waals surface area contributed by atoms with Gasteiger partial charge in [0.05, 0.1) is 24.1 Å². The number of piperidine rings is 1. The summed E-state index contributed by atoms with van der Waals surface area (Å²) in [5.41, 5.74) is 2.40. The predicted molar refractivity (Wildman–Crippen MR) is 92.5 cm³/mol. The summed E-state index contributed by atoms with van der Waals surface area (Å²) < 4.78 is 3.60. The second-order valence-electron chi connectivity index (χ2n) is 6.43. The largest absolute Gasteiger partial charge is 0.335 e. The monoisotopic (exact) mass is 336 g/mol. The van der Waals surface area contributed by atoms with Crippen molar-refractivity contribution in [1.29, 1.82) is 0 Å². The number of rotatable bonds is 3. The molecule has 4 rings (SSSR count). The van der Waals surface area contributed by atoms with E-state index in [2.05, 4.69) is 15.4 Å². The SMILES string of the molecule is Cc1cnn([C@H]2CCCN(C(=O)c3cn(-c4ccccc4)nn3)C2)c1. The molecule has 1 aromatic carbocycles. The first kappa shape index (κ1) is 15.6. The van der Waals surface area contributed by atoms with Crippen molar-refractivity contribution < 1.29 is 4.79 Å². The van der Waals surface area contributed by atoms with Crippen LogP contribution < -0.4 is 0 Å². The van der Waals surface area contributed by atoms with E-state index in [-0.39, 0.29) is 11.9 Å². The predicted octanol–water partition coefficient (Wildman–Crippen LogP) is 2.25. The standard InChI is InChI=1S/C18H20N6O/c1-14-10-19-23(11-14)16-8-5-9-22(12-16)18(25)17-13-24(21-20-17)15-6-3-2-4-7-15/h2-4,6-7,10-11,13,16H,5,8-9,12H2,1H3/t16-/m0/s1. The fraction of sp³-hybridized carbons (Fsp3) is 0.333. The van der Waals surface area contributed by atoms with Crippen LogP contribution >= 0.6 is 0 Å². The number of hydrogen-bond acceptors (Lipinski definition) is 4. The van der Waals surface area contributed by atoms with Crippen molar-refractivity contribution in [2.24, 2.45) is 0 Å². The molecule has 3 aromatic rings. The van der Waals surface area contributed by atoms with Gasteiger partial charge in [0.15, 0.2) is 5.69 Å². The Kier molecular flexibility index (Phi) is 4.05. The fourth-order valence-corrected chi connectivity index (χ4v) is 3.22. The van der Waals surface area contributed by atoms with Gasteiger partial charge in [-0.3, -0.25) is 9.48 Å². The van der Waals surface area contributed by atoms with Gasteiger partial charge in [-0.25, -0.2) is 4.68 Å². The van der Waals surface area contributed by atoms with Crippen LogP contribution in [-0.2, 0) is 0 Å². The van der Waals surface area contributed by atoms with Gasteiger partial charge in [-0.2, -0.15) is 5.10 Å². The van der Waals surface area contributed by atoms with E-state index in [1.54, 1.807) is 10.9 Å². The molecule has 7 nitrogen and oxygen atoms in total. The summed E-state index contributed by atoms with van der Waals surface area (Å²) in [5, 5.41) is 12.5. The second-order valence-corrected chi connectivity index (χ2v) is 6.43. The van der Waals surface area contributed by atoms with E-state index in [0.717, 1.165) is 30.6 Å². The molecular formula is C18H20N6O. The van der Waals surface area contributed by atoms with Gasteiger partial charge in [-0.1, -0.05) is 23.4 Å². The van der Waals surface area contributed by atoms with Crippen molar-refractivity contribution in [3.8, 4) is 5.69 Å². The molecule has 7 heteroatoms. The molecule has 25 heavy (non-hydrogen) atoms. The second kappa shape index (κ2) is 6.51. The molecule has 2 aromatic heterocycles. The van der Waals surface area contributed by atoms with Gasteiger partial charge < -0.3 is 4.90 Å². The van der Waals surface area contributed by atoms with E-state index in [9.17, 15) is 4.79 Å². The van der Waals surface area contributed by atoms with E-state index in [0.29, 0.717) is 12.2 Å². The molecule has 0 bridgehead atoms. The maximum Gasteiger partial charge on any atom is 0.276 e. The zero-order chi connectivity index (χ0) is 17.2. The number of aromatic nitrogens is 5. The lowest BCUT2D eigenvalue weighted by atomic mass is 10.1. The maximum absolute atomic E-state index is 12.8. The minimum atomic E-state index is -0.0734. The number of aryl methyl sites for hydroxylation is 1. The number of carbonyl (C=O) groups excluding carboxylic acids is 1. The highest BCUT2D eigenvalue weighted by Gasteiger charge is 2.27. The minimum absolute atomic E-state index is 0.0734. The minimum Gasteiger partial charge on any atom is -0.335 e. The third-order valence-corrected chi connectivity index (χ3v) is 4.52. The quantitative estimate of drug-likeness (QED) is 0.736. The Hall–Kier alpha value is -2.96. The van der Waals surface area contributed by atoms with Crippen LogP contribution in [0.5, 0.6) is 0 Å². The zero-order valence-corrected chi connectivity index (χ0v) is 14.1. The van der Waals surface area contributed by atoms with Gasteiger partial charge in [0, 0.05) is 19.3 Å². The van der Waals surface area contributed by atoms with Crippen molar-refractivity contribution in [3.05, 3.63) is 60.2 Å².